The molecule has 0 spiro atoms. The van der Waals surface area contributed by atoms with Gasteiger partial charge in [-0.15, -0.1) is 5.10 Å². The first-order valence-corrected chi connectivity index (χ1v) is 12.4. The van der Waals surface area contributed by atoms with E-state index in [1.807, 2.05) is 10.7 Å². The van der Waals surface area contributed by atoms with Crippen LogP contribution in [0.3, 0.4) is 0 Å². The van der Waals surface area contributed by atoms with E-state index in [2.05, 4.69) is 81.7 Å². The normalized spacial score (nSPS) is 19.1. The van der Waals surface area contributed by atoms with E-state index in [-0.39, 0.29) is 23.7 Å². The minimum atomic E-state index is -0.368. The SMILES string of the molecule is CCc1ccc2[nH]c(=O)c(C(c3nnnn3C3CCCC3)N3c4ccccc4CC3C)cc2c1. The van der Waals surface area contributed by atoms with Gasteiger partial charge in [-0.05, 0) is 83.8 Å². The first-order valence-electron chi connectivity index (χ1n) is 12.4. The summed E-state index contributed by atoms with van der Waals surface area (Å²) in [6.45, 7) is 4.37. The molecule has 0 bridgehead atoms. The maximum absolute atomic E-state index is 13.6. The number of H-pyrrole nitrogens is 1. The van der Waals surface area contributed by atoms with Gasteiger partial charge < -0.3 is 9.88 Å². The third kappa shape index (κ3) is 3.42. The molecule has 174 valence electrons. The summed E-state index contributed by atoms with van der Waals surface area (Å²) in [6, 6.07) is 16.9. The van der Waals surface area contributed by atoms with Crippen LogP contribution in [0.1, 0.15) is 74.1 Å². The van der Waals surface area contributed by atoms with Gasteiger partial charge in [-0.1, -0.05) is 44.0 Å². The first kappa shape index (κ1) is 21.1. The molecule has 0 radical (unpaired) electrons. The zero-order valence-corrected chi connectivity index (χ0v) is 19.7. The fourth-order valence-electron chi connectivity index (χ4n) is 5.88. The van der Waals surface area contributed by atoms with E-state index in [4.69, 9.17) is 0 Å². The topological polar surface area (TPSA) is 79.7 Å². The highest BCUT2D eigenvalue weighted by molar-refractivity contribution is 5.80. The number of aromatic nitrogens is 5. The molecule has 1 N–H and O–H groups in total. The molecule has 1 fully saturated rings. The van der Waals surface area contributed by atoms with E-state index >= 15 is 0 Å². The summed E-state index contributed by atoms with van der Waals surface area (Å²) in [5, 5.41) is 14.1. The number of benzene rings is 2. The minimum Gasteiger partial charge on any atom is -0.354 e. The molecule has 2 unspecified atom stereocenters. The average molecular weight is 455 g/mol. The summed E-state index contributed by atoms with van der Waals surface area (Å²) in [6.07, 6.45) is 6.41. The molecular formula is C27H30N6O. The molecule has 1 aliphatic heterocycles. The Morgan fingerprint density at radius 3 is 2.76 bits per heavy atom. The number of hydrogen-bond acceptors (Lipinski definition) is 5. The Hall–Kier alpha value is -3.48. The predicted molar refractivity (Wildman–Crippen MR) is 133 cm³/mol. The van der Waals surface area contributed by atoms with Crippen molar-refractivity contribution in [3.05, 3.63) is 81.4 Å². The van der Waals surface area contributed by atoms with Crippen LogP contribution in [-0.2, 0) is 12.8 Å². The van der Waals surface area contributed by atoms with Crippen LogP contribution in [0.2, 0.25) is 0 Å². The van der Waals surface area contributed by atoms with Crippen LogP contribution in [0.25, 0.3) is 10.9 Å². The van der Waals surface area contributed by atoms with Gasteiger partial charge in [0.05, 0.1) is 6.04 Å². The van der Waals surface area contributed by atoms with Crippen molar-refractivity contribution < 1.29 is 0 Å². The van der Waals surface area contributed by atoms with Gasteiger partial charge in [-0.2, -0.15) is 0 Å². The molecule has 0 saturated heterocycles. The summed E-state index contributed by atoms with van der Waals surface area (Å²) in [7, 11) is 0. The Morgan fingerprint density at radius 2 is 1.94 bits per heavy atom. The number of hydrogen-bond donors (Lipinski definition) is 1. The van der Waals surface area contributed by atoms with E-state index in [1.165, 1.54) is 24.0 Å². The minimum absolute atomic E-state index is 0.0840. The van der Waals surface area contributed by atoms with Crippen molar-refractivity contribution in [2.75, 3.05) is 4.90 Å². The molecule has 2 atom stereocenters. The number of aromatic amines is 1. The van der Waals surface area contributed by atoms with E-state index in [1.54, 1.807) is 0 Å². The number of anilines is 1. The van der Waals surface area contributed by atoms with E-state index < -0.39 is 0 Å². The molecule has 7 heteroatoms. The van der Waals surface area contributed by atoms with Crippen molar-refractivity contribution in [1.82, 2.24) is 25.2 Å². The molecule has 1 aliphatic carbocycles. The number of para-hydroxylation sites is 1. The zero-order chi connectivity index (χ0) is 23.2. The first-order chi connectivity index (χ1) is 16.6. The number of tetrazole rings is 1. The van der Waals surface area contributed by atoms with Crippen LogP contribution < -0.4 is 10.5 Å². The number of fused-ring (bicyclic) bond motifs is 2. The van der Waals surface area contributed by atoms with Gasteiger partial charge >= 0.3 is 0 Å². The standard InChI is InChI=1S/C27H30N6O/c1-3-18-12-13-23-20(15-18)16-22(27(34)28-23)25(26-29-30-31-33(26)21-9-5-6-10-21)32-17(2)14-19-8-4-7-11-24(19)32/h4,7-8,11-13,15-17,21,25H,3,5-6,9-10,14H2,1-2H3,(H,28,34). The lowest BCUT2D eigenvalue weighted by atomic mass is 10.0. The highest BCUT2D eigenvalue weighted by Crippen LogP contribution is 2.42. The second-order valence-corrected chi connectivity index (χ2v) is 9.74. The van der Waals surface area contributed by atoms with Crippen molar-refractivity contribution >= 4 is 16.6 Å². The van der Waals surface area contributed by atoms with Crippen molar-refractivity contribution in [1.29, 1.82) is 0 Å². The zero-order valence-electron chi connectivity index (χ0n) is 19.7. The molecule has 0 amide bonds. The summed E-state index contributed by atoms with van der Waals surface area (Å²) in [5.41, 5.74) is 5.17. The number of rotatable bonds is 5. The Morgan fingerprint density at radius 1 is 1.12 bits per heavy atom. The van der Waals surface area contributed by atoms with E-state index in [9.17, 15) is 4.79 Å². The Labute approximate surface area is 198 Å². The van der Waals surface area contributed by atoms with E-state index in [0.29, 0.717) is 5.56 Å². The Balaban J connectivity index is 1.58. The van der Waals surface area contributed by atoms with Crippen molar-refractivity contribution in [2.24, 2.45) is 0 Å². The number of nitrogens with zero attached hydrogens (tertiary/aromatic N) is 5. The Kier molecular flexibility index (Phi) is 5.20. The molecular weight excluding hydrogens is 424 g/mol. The fraction of sp³-hybridized carbons (Fsp3) is 0.407. The van der Waals surface area contributed by atoms with Crippen LogP contribution >= 0.6 is 0 Å². The number of aryl methyl sites for hydroxylation is 1. The second-order valence-electron chi connectivity index (χ2n) is 9.74. The quantitative estimate of drug-likeness (QED) is 0.471. The molecule has 6 rings (SSSR count). The maximum Gasteiger partial charge on any atom is 0.254 e. The molecule has 2 aromatic heterocycles. The lowest BCUT2D eigenvalue weighted by molar-refractivity contribution is 0.423. The average Bonchev–Trinajstić information content (AvgIpc) is 3.60. The van der Waals surface area contributed by atoms with E-state index in [0.717, 1.165) is 48.1 Å². The summed E-state index contributed by atoms with van der Waals surface area (Å²) < 4.78 is 2.00. The van der Waals surface area contributed by atoms with Crippen LogP contribution in [0.5, 0.6) is 0 Å². The fourth-order valence-corrected chi connectivity index (χ4v) is 5.88. The number of nitrogens with one attached hydrogen (secondary N) is 1. The van der Waals surface area contributed by atoms with Gasteiger partial charge in [0.15, 0.2) is 5.82 Å². The van der Waals surface area contributed by atoms with Gasteiger partial charge in [-0.25, -0.2) is 4.68 Å². The molecule has 2 aliphatic rings. The molecule has 1 saturated carbocycles. The number of pyridine rings is 1. The monoisotopic (exact) mass is 454 g/mol. The van der Waals surface area contributed by atoms with Gasteiger partial charge in [0.1, 0.15) is 6.04 Å². The van der Waals surface area contributed by atoms with Crippen molar-refractivity contribution in [3.63, 3.8) is 0 Å². The predicted octanol–water partition coefficient (Wildman–Crippen LogP) is 4.73. The van der Waals surface area contributed by atoms with Gasteiger partial charge in [-0.3, -0.25) is 4.79 Å². The third-order valence-electron chi connectivity index (χ3n) is 7.61. The summed E-state index contributed by atoms with van der Waals surface area (Å²) in [4.78, 5) is 19.1. The lowest BCUT2D eigenvalue weighted by Crippen LogP contribution is -2.39. The maximum atomic E-state index is 13.6. The van der Waals surface area contributed by atoms with Crippen molar-refractivity contribution in [2.45, 2.75) is 70.5 Å². The lowest BCUT2D eigenvalue weighted by Gasteiger charge is -2.34. The third-order valence-corrected chi connectivity index (χ3v) is 7.61. The smallest absolute Gasteiger partial charge is 0.254 e. The van der Waals surface area contributed by atoms with Crippen LogP contribution in [0.4, 0.5) is 5.69 Å². The largest absolute Gasteiger partial charge is 0.354 e. The second kappa shape index (κ2) is 8.38. The molecule has 7 nitrogen and oxygen atoms in total. The van der Waals surface area contributed by atoms with Crippen LogP contribution in [0.15, 0.2) is 53.3 Å². The van der Waals surface area contributed by atoms with Gasteiger partial charge in [0.2, 0.25) is 0 Å². The van der Waals surface area contributed by atoms with Gasteiger partial charge in [0, 0.05) is 22.8 Å². The van der Waals surface area contributed by atoms with Crippen LogP contribution in [-0.4, -0.2) is 31.2 Å². The molecule has 4 aromatic rings. The highest BCUT2D eigenvalue weighted by Gasteiger charge is 2.39. The molecule has 3 heterocycles. The molecule has 2 aromatic carbocycles. The van der Waals surface area contributed by atoms with Crippen molar-refractivity contribution in [3.8, 4) is 0 Å². The highest BCUT2D eigenvalue weighted by atomic mass is 16.1. The summed E-state index contributed by atoms with van der Waals surface area (Å²) in [5.74, 6) is 0.756. The Bertz CT molecular complexity index is 1400. The van der Waals surface area contributed by atoms with Gasteiger partial charge in [0.25, 0.3) is 5.56 Å². The summed E-state index contributed by atoms with van der Waals surface area (Å²) >= 11 is 0. The van der Waals surface area contributed by atoms with Crippen LogP contribution in [0, 0.1) is 0 Å². The molecule has 34 heavy (non-hydrogen) atoms.